The van der Waals surface area contributed by atoms with Gasteiger partial charge in [-0.05, 0) is 12.1 Å². The Morgan fingerprint density at radius 3 is 2.17 bits per heavy atom. The van der Waals surface area contributed by atoms with Crippen LogP contribution in [0.2, 0.25) is 0 Å². The zero-order chi connectivity index (χ0) is 9.35. The van der Waals surface area contributed by atoms with Crippen molar-refractivity contribution in [2.24, 2.45) is 0 Å². The SMILES string of the molecule is Nc1ccc(C(F)(F)F)c(N)n1. The van der Waals surface area contributed by atoms with Crippen molar-refractivity contribution in [1.29, 1.82) is 0 Å². The predicted molar refractivity (Wildman–Crippen MR) is 38.1 cm³/mol. The van der Waals surface area contributed by atoms with Gasteiger partial charge in [0, 0.05) is 0 Å². The van der Waals surface area contributed by atoms with Gasteiger partial charge in [-0.25, -0.2) is 4.98 Å². The Kier molecular flexibility index (Phi) is 1.83. The Labute approximate surface area is 66.2 Å². The summed E-state index contributed by atoms with van der Waals surface area (Å²) in [5.74, 6) is -0.622. The molecule has 1 aromatic rings. The summed E-state index contributed by atoms with van der Waals surface area (Å²) < 4.78 is 36.1. The highest BCUT2D eigenvalue weighted by atomic mass is 19.4. The molecule has 0 radical (unpaired) electrons. The average Bonchev–Trinajstić information content (AvgIpc) is 1.83. The largest absolute Gasteiger partial charge is 0.419 e. The molecule has 12 heavy (non-hydrogen) atoms. The first-order valence-electron chi connectivity index (χ1n) is 3.00. The van der Waals surface area contributed by atoms with E-state index in [9.17, 15) is 13.2 Å². The van der Waals surface area contributed by atoms with Crippen molar-refractivity contribution in [2.75, 3.05) is 11.5 Å². The lowest BCUT2D eigenvalue weighted by molar-refractivity contribution is -0.137. The molecule has 0 aliphatic rings. The molecule has 0 fully saturated rings. The van der Waals surface area contributed by atoms with Gasteiger partial charge in [0.1, 0.15) is 11.6 Å². The number of nitrogen functional groups attached to an aromatic ring is 2. The lowest BCUT2D eigenvalue weighted by atomic mass is 10.2. The van der Waals surface area contributed by atoms with Crippen molar-refractivity contribution >= 4 is 11.6 Å². The van der Waals surface area contributed by atoms with Crippen LogP contribution in [0.15, 0.2) is 12.1 Å². The molecule has 0 aliphatic carbocycles. The van der Waals surface area contributed by atoms with E-state index in [-0.39, 0.29) is 5.82 Å². The van der Waals surface area contributed by atoms with Crippen LogP contribution in [0.4, 0.5) is 24.8 Å². The van der Waals surface area contributed by atoms with E-state index in [2.05, 4.69) is 4.98 Å². The topological polar surface area (TPSA) is 64.9 Å². The molecule has 6 heteroatoms. The number of aromatic nitrogens is 1. The monoisotopic (exact) mass is 177 g/mol. The number of halogens is 3. The van der Waals surface area contributed by atoms with Gasteiger partial charge in [0.25, 0.3) is 0 Å². The molecule has 1 aromatic heterocycles. The highest BCUT2D eigenvalue weighted by Crippen LogP contribution is 2.32. The maximum atomic E-state index is 12.0. The van der Waals surface area contributed by atoms with Gasteiger partial charge >= 0.3 is 6.18 Å². The fourth-order valence-corrected chi connectivity index (χ4v) is 0.730. The molecular weight excluding hydrogens is 171 g/mol. The van der Waals surface area contributed by atoms with E-state index in [0.29, 0.717) is 0 Å². The van der Waals surface area contributed by atoms with Crippen molar-refractivity contribution < 1.29 is 13.2 Å². The van der Waals surface area contributed by atoms with E-state index in [1.807, 2.05) is 0 Å². The molecule has 0 amide bonds. The van der Waals surface area contributed by atoms with Crippen LogP contribution < -0.4 is 11.5 Å². The Bertz CT molecular complexity index is 295. The summed E-state index contributed by atoms with van der Waals surface area (Å²) in [5.41, 5.74) is 9.15. The molecule has 1 rings (SSSR count). The number of alkyl halides is 3. The molecule has 0 saturated heterocycles. The maximum absolute atomic E-state index is 12.0. The van der Waals surface area contributed by atoms with Crippen LogP contribution in [0.1, 0.15) is 5.56 Å². The van der Waals surface area contributed by atoms with Crippen LogP contribution in [-0.4, -0.2) is 4.98 Å². The first-order chi connectivity index (χ1) is 5.41. The van der Waals surface area contributed by atoms with Crippen LogP contribution in [0.3, 0.4) is 0 Å². The summed E-state index contributed by atoms with van der Waals surface area (Å²) in [7, 11) is 0. The number of rotatable bonds is 0. The Balaban J connectivity index is 3.19. The van der Waals surface area contributed by atoms with Crippen LogP contribution in [0, 0.1) is 0 Å². The second kappa shape index (κ2) is 2.54. The van der Waals surface area contributed by atoms with Crippen molar-refractivity contribution in [3.8, 4) is 0 Å². The van der Waals surface area contributed by atoms with Gasteiger partial charge in [0.2, 0.25) is 0 Å². The molecule has 0 atom stereocenters. The fraction of sp³-hybridized carbons (Fsp3) is 0.167. The second-order valence-corrected chi connectivity index (χ2v) is 2.17. The minimum absolute atomic E-state index is 0.0273. The van der Waals surface area contributed by atoms with Gasteiger partial charge in [-0.15, -0.1) is 0 Å². The van der Waals surface area contributed by atoms with Crippen LogP contribution in [-0.2, 0) is 6.18 Å². The summed E-state index contributed by atoms with van der Waals surface area (Å²) in [5, 5.41) is 0. The predicted octanol–water partition coefficient (Wildman–Crippen LogP) is 1.26. The van der Waals surface area contributed by atoms with Gasteiger partial charge in [0.15, 0.2) is 0 Å². The van der Waals surface area contributed by atoms with Crippen LogP contribution in [0.5, 0.6) is 0 Å². The quantitative estimate of drug-likeness (QED) is 0.627. The summed E-state index contributed by atoms with van der Waals surface area (Å²) >= 11 is 0. The van der Waals surface area contributed by atoms with E-state index >= 15 is 0 Å². The molecule has 0 aliphatic heterocycles. The first-order valence-corrected chi connectivity index (χ1v) is 3.00. The third-order valence-corrected chi connectivity index (χ3v) is 1.25. The molecule has 0 unspecified atom stereocenters. The zero-order valence-electron chi connectivity index (χ0n) is 5.89. The summed E-state index contributed by atoms with van der Waals surface area (Å²) in [6, 6.07) is 1.86. The Morgan fingerprint density at radius 2 is 1.75 bits per heavy atom. The molecule has 0 aromatic carbocycles. The van der Waals surface area contributed by atoms with Crippen molar-refractivity contribution in [1.82, 2.24) is 4.98 Å². The molecule has 0 spiro atoms. The Morgan fingerprint density at radius 1 is 1.17 bits per heavy atom. The van der Waals surface area contributed by atoms with Crippen molar-refractivity contribution in [3.63, 3.8) is 0 Å². The van der Waals surface area contributed by atoms with E-state index < -0.39 is 17.6 Å². The molecule has 4 N–H and O–H groups in total. The highest BCUT2D eigenvalue weighted by molar-refractivity contribution is 5.47. The van der Waals surface area contributed by atoms with E-state index in [0.717, 1.165) is 12.1 Å². The Hall–Kier alpha value is -1.46. The van der Waals surface area contributed by atoms with E-state index in [4.69, 9.17) is 11.5 Å². The average molecular weight is 177 g/mol. The van der Waals surface area contributed by atoms with E-state index in [1.165, 1.54) is 0 Å². The number of nitrogens with two attached hydrogens (primary N) is 2. The van der Waals surface area contributed by atoms with Gasteiger partial charge in [0.05, 0.1) is 5.56 Å². The van der Waals surface area contributed by atoms with Crippen LogP contribution >= 0.6 is 0 Å². The smallest absolute Gasteiger partial charge is 0.384 e. The number of anilines is 2. The standard InChI is InChI=1S/C6H6F3N3/c7-6(8,9)3-1-2-4(10)12-5(3)11/h1-2H,(H4,10,11,12). The highest BCUT2D eigenvalue weighted by Gasteiger charge is 2.33. The fourth-order valence-electron chi connectivity index (χ4n) is 0.730. The molecule has 0 bridgehead atoms. The van der Waals surface area contributed by atoms with Gasteiger partial charge in [-0.2, -0.15) is 13.2 Å². The number of hydrogen-bond donors (Lipinski definition) is 2. The number of nitrogens with zero attached hydrogens (tertiary/aromatic N) is 1. The molecular formula is C6H6F3N3. The molecule has 1 heterocycles. The van der Waals surface area contributed by atoms with E-state index in [1.54, 1.807) is 0 Å². The lowest BCUT2D eigenvalue weighted by Crippen LogP contribution is -2.10. The summed E-state index contributed by atoms with van der Waals surface area (Å²) in [4.78, 5) is 3.28. The van der Waals surface area contributed by atoms with Crippen LogP contribution in [0.25, 0.3) is 0 Å². The van der Waals surface area contributed by atoms with Gasteiger partial charge in [-0.1, -0.05) is 0 Å². The third kappa shape index (κ3) is 1.58. The molecule has 0 saturated carbocycles. The summed E-state index contributed by atoms with van der Waals surface area (Å²) in [6.07, 6.45) is -4.47. The van der Waals surface area contributed by atoms with Gasteiger partial charge < -0.3 is 11.5 Å². The number of pyridine rings is 1. The normalized spacial score (nSPS) is 11.6. The minimum atomic E-state index is -4.47. The number of hydrogen-bond acceptors (Lipinski definition) is 3. The lowest BCUT2D eigenvalue weighted by Gasteiger charge is -2.08. The molecule has 3 nitrogen and oxygen atoms in total. The zero-order valence-corrected chi connectivity index (χ0v) is 5.89. The third-order valence-electron chi connectivity index (χ3n) is 1.25. The second-order valence-electron chi connectivity index (χ2n) is 2.17. The first kappa shape index (κ1) is 8.63. The minimum Gasteiger partial charge on any atom is -0.384 e. The van der Waals surface area contributed by atoms with Crippen molar-refractivity contribution in [3.05, 3.63) is 17.7 Å². The van der Waals surface area contributed by atoms with Gasteiger partial charge in [-0.3, -0.25) is 0 Å². The van der Waals surface area contributed by atoms with Crippen molar-refractivity contribution in [2.45, 2.75) is 6.18 Å². The summed E-state index contributed by atoms with van der Waals surface area (Å²) in [6.45, 7) is 0. The molecule has 66 valence electrons. The maximum Gasteiger partial charge on any atom is 0.419 e.